The molecule has 0 aliphatic heterocycles. The molecule has 3 aromatic rings. The molecule has 2 aromatic carbocycles. The zero-order valence-corrected chi connectivity index (χ0v) is 20.3. The molecule has 3 rings (SSSR count). The minimum absolute atomic E-state index is 0.00872. The maximum atomic E-state index is 13.2. The van der Waals surface area contributed by atoms with Crippen molar-refractivity contribution in [3.05, 3.63) is 57.1 Å². The van der Waals surface area contributed by atoms with Crippen LogP contribution in [0, 0.1) is 0 Å². The Bertz CT molecular complexity index is 1520. The van der Waals surface area contributed by atoms with Crippen LogP contribution in [0.25, 0.3) is 21.5 Å². The normalized spacial score (nSPS) is 11.9. The van der Waals surface area contributed by atoms with E-state index in [9.17, 15) is 40.8 Å². The molecule has 0 saturated carbocycles. The number of fused-ring (bicyclic) bond motifs is 3. The first-order chi connectivity index (χ1) is 17.3. The number of hydrogen-bond donors (Lipinski definition) is 0. The molecule has 0 aliphatic rings. The Morgan fingerprint density at radius 1 is 0.784 bits per heavy atom. The molecule has 0 spiro atoms. The average molecular weight is 543 g/mol. The summed E-state index contributed by atoms with van der Waals surface area (Å²) in [7, 11) is -6.44. The molecule has 0 bridgehead atoms. The molecule has 10 nitrogen and oxygen atoms in total. The maximum absolute atomic E-state index is 13.2. The summed E-state index contributed by atoms with van der Waals surface area (Å²) in [5.74, 6) is -1.67. The molecule has 14 heteroatoms. The van der Waals surface area contributed by atoms with Gasteiger partial charge in [0.2, 0.25) is 0 Å². The van der Waals surface area contributed by atoms with Crippen LogP contribution in [-0.2, 0) is 19.7 Å². The van der Waals surface area contributed by atoms with Gasteiger partial charge in [0.25, 0.3) is 11.1 Å². The fourth-order valence-corrected chi connectivity index (χ4v) is 3.71. The van der Waals surface area contributed by atoms with Crippen LogP contribution in [0.2, 0.25) is 0 Å². The van der Waals surface area contributed by atoms with E-state index in [4.69, 9.17) is 9.47 Å². The van der Waals surface area contributed by atoms with E-state index < -0.39 is 54.2 Å². The highest BCUT2D eigenvalue weighted by Gasteiger charge is 2.49. The standard InChI is InChI=1S/C23H20F3NO9S/c1-3-5-19(28)34-13-7-9-15-16-10-8-14(35-20(29)6-4-2)12-18(16)22(31)27(21(30)17(15)11-13)36-37(32,33)23(24,25)26/h7-12H,3-6H2,1-2H3. The van der Waals surface area contributed by atoms with Crippen molar-refractivity contribution in [1.82, 2.24) is 4.73 Å². The first kappa shape index (κ1) is 27.6. The molecule has 0 radical (unpaired) electrons. The van der Waals surface area contributed by atoms with Gasteiger partial charge < -0.3 is 9.47 Å². The number of carbonyl (C=O) groups is 2. The van der Waals surface area contributed by atoms with Crippen LogP contribution in [0.15, 0.2) is 46.0 Å². The quantitative estimate of drug-likeness (QED) is 0.238. The van der Waals surface area contributed by atoms with Crippen molar-refractivity contribution in [3.8, 4) is 11.5 Å². The second-order valence-electron chi connectivity index (χ2n) is 7.74. The summed E-state index contributed by atoms with van der Waals surface area (Å²) in [4.78, 5) is 50.1. The van der Waals surface area contributed by atoms with Gasteiger partial charge in [-0.1, -0.05) is 18.6 Å². The highest BCUT2D eigenvalue weighted by Crippen LogP contribution is 2.28. The largest absolute Gasteiger partial charge is 0.536 e. The predicted octanol–water partition coefficient (Wildman–Crippen LogP) is 3.20. The fourth-order valence-electron chi connectivity index (χ4n) is 3.29. The van der Waals surface area contributed by atoms with Crippen LogP contribution in [0.4, 0.5) is 13.2 Å². The monoisotopic (exact) mass is 543 g/mol. The summed E-state index contributed by atoms with van der Waals surface area (Å²) >= 11 is 0. The minimum atomic E-state index is -6.44. The fraction of sp³-hybridized carbons (Fsp3) is 0.304. The highest BCUT2D eigenvalue weighted by atomic mass is 32.2. The summed E-state index contributed by atoms with van der Waals surface area (Å²) in [6.45, 7) is 3.43. The van der Waals surface area contributed by atoms with Gasteiger partial charge >= 0.3 is 27.6 Å². The maximum Gasteiger partial charge on any atom is 0.536 e. The van der Waals surface area contributed by atoms with Gasteiger partial charge in [0.05, 0.1) is 10.8 Å². The lowest BCUT2D eigenvalue weighted by Crippen LogP contribution is -2.43. The Kier molecular flexibility index (Phi) is 7.91. The molecule has 0 N–H and O–H groups in total. The molecule has 1 heterocycles. The SMILES string of the molecule is CCCC(=O)Oc1ccc2c(c1)c(=O)n(OS(=O)(=O)C(F)(F)F)c(=O)c1cc(OC(=O)CCC)ccc12. The van der Waals surface area contributed by atoms with E-state index in [0.29, 0.717) is 12.8 Å². The average Bonchev–Trinajstić information content (AvgIpc) is 2.88. The minimum Gasteiger partial charge on any atom is -0.427 e. The first-order valence-electron chi connectivity index (χ1n) is 10.9. The number of nitrogens with zero attached hydrogens (tertiary/aromatic N) is 1. The Labute approximate surface area is 207 Å². The van der Waals surface area contributed by atoms with Crippen LogP contribution in [0.1, 0.15) is 39.5 Å². The van der Waals surface area contributed by atoms with Crippen molar-refractivity contribution in [3.63, 3.8) is 0 Å². The van der Waals surface area contributed by atoms with E-state index in [1.807, 2.05) is 0 Å². The van der Waals surface area contributed by atoms with Gasteiger partial charge in [-0.2, -0.15) is 21.6 Å². The smallest absolute Gasteiger partial charge is 0.427 e. The number of rotatable bonds is 8. The number of esters is 2. The van der Waals surface area contributed by atoms with Gasteiger partial charge in [0.15, 0.2) is 0 Å². The van der Waals surface area contributed by atoms with Crippen molar-refractivity contribution in [2.24, 2.45) is 0 Å². The van der Waals surface area contributed by atoms with Crippen molar-refractivity contribution < 1.29 is 44.9 Å². The molecule has 1 aromatic heterocycles. The van der Waals surface area contributed by atoms with Crippen molar-refractivity contribution >= 4 is 43.6 Å². The molecule has 0 atom stereocenters. The molecular formula is C23H20F3NO9S. The lowest BCUT2D eigenvalue weighted by atomic mass is 10.1. The van der Waals surface area contributed by atoms with Crippen molar-refractivity contribution in [2.45, 2.75) is 45.0 Å². The number of ether oxygens (including phenoxy) is 2. The number of carbonyl (C=O) groups excluding carboxylic acids is 2. The van der Waals surface area contributed by atoms with Gasteiger partial charge in [-0.15, -0.1) is 0 Å². The Morgan fingerprint density at radius 3 is 1.54 bits per heavy atom. The number of benzene rings is 2. The number of halogens is 3. The van der Waals surface area contributed by atoms with Crippen LogP contribution in [0.5, 0.6) is 11.5 Å². The van der Waals surface area contributed by atoms with Crippen LogP contribution in [0.3, 0.4) is 0 Å². The van der Waals surface area contributed by atoms with E-state index in [1.54, 1.807) is 13.8 Å². The lowest BCUT2D eigenvalue weighted by molar-refractivity contribution is -0.135. The number of alkyl halides is 3. The molecule has 0 unspecified atom stereocenters. The first-order valence-corrected chi connectivity index (χ1v) is 12.3. The van der Waals surface area contributed by atoms with E-state index in [0.717, 1.165) is 12.1 Å². The summed E-state index contributed by atoms with van der Waals surface area (Å²) in [5, 5.41) is -0.986. The summed E-state index contributed by atoms with van der Waals surface area (Å²) in [6.07, 6.45) is 0.967. The molecule has 0 aliphatic carbocycles. The molecule has 0 fully saturated rings. The Hall–Kier alpha value is -3.94. The van der Waals surface area contributed by atoms with Gasteiger partial charge in [-0.05, 0) is 60.0 Å². The predicted molar refractivity (Wildman–Crippen MR) is 125 cm³/mol. The molecule has 37 heavy (non-hydrogen) atoms. The van der Waals surface area contributed by atoms with Crippen molar-refractivity contribution in [2.75, 3.05) is 0 Å². The summed E-state index contributed by atoms with van der Waals surface area (Å²) in [5.41, 5.74) is -9.09. The van der Waals surface area contributed by atoms with Crippen LogP contribution < -0.4 is 24.9 Å². The zero-order chi connectivity index (χ0) is 27.5. The van der Waals surface area contributed by atoms with Crippen LogP contribution >= 0.6 is 0 Å². The van der Waals surface area contributed by atoms with Gasteiger partial charge in [0, 0.05) is 12.8 Å². The Morgan fingerprint density at radius 2 is 1.19 bits per heavy atom. The second-order valence-corrected chi connectivity index (χ2v) is 9.26. The van der Waals surface area contributed by atoms with E-state index in [2.05, 4.69) is 4.28 Å². The van der Waals surface area contributed by atoms with E-state index in [1.165, 1.54) is 24.3 Å². The molecule has 0 saturated heterocycles. The molecule has 198 valence electrons. The number of hydrogen-bond acceptors (Lipinski definition) is 9. The third-order valence-corrected chi connectivity index (χ3v) is 5.84. The number of aromatic nitrogens is 1. The van der Waals surface area contributed by atoms with Gasteiger partial charge in [-0.3, -0.25) is 23.5 Å². The zero-order valence-electron chi connectivity index (χ0n) is 19.5. The third-order valence-electron chi connectivity index (χ3n) is 4.93. The highest BCUT2D eigenvalue weighted by molar-refractivity contribution is 7.87. The van der Waals surface area contributed by atoms with Crippen LogP contribution in [-0.4, -0.2) is 30.6 Å². The van der Waals surface area contributed by atoms with E-state index >= 15 is 0 Å². The molecular weight excluding hydrogens is 523 g/mol. The molecule has 0 amide bonds. The Balaban J connectivity index is 2.38. The van der Waals surface area contributed by atoms with Gasteiger partial charge in [-0.25, -0.2) is 0 Å². The van der Waals surface area contributed by atoms with E-state index in [-0.39, 0.29) is 35.1 Å². The van der Waals surface area contributed by atoms with Gasteiger partial charge in [0.1, 0.15) is 11.5 Å². The third kappa shape index (κ3) is 5.90. The summed E-state index contributed by atoms with van der Waals surface area (Å²) in [6, 6.07) is 7.04. The second kappa shape index (κ2) is 10.6. The summed E-state index contributed by atoms with van der Waals surface area (Å²) < 4.78 is 76.0. The van der Waals surface area contributed by atoms with Crippen molar-refractivity contribution in [1.29, 1.82) is 0 Å². The lowest BCUT2D eigenvalue weighted by Gasteiger charge is -2.08. The topological polar surface area (TPSA) is 135 Å².